The van der Waals surface area contributed by atoms with Gasteiger partial charge in [-0.3, -0.25) is 15.0 Å². The van der Waals surface area contributed by atoms with Crippen molar-refractivity contribution in [2.75, 3.05) is 25.0 Å². The highest BCUT2D eigenvalue weighted by molar-refractivity contribution is 5.92. The van der Waals surface area contributed by atoms with Crippen LogP contribution >= 0.6 is 0 Å². The summed E-state index contributed by atoms with van der Waals surface area (Å²) in [6.45, 7) is 4.81. The van der Waals surface area contributed by atoms with Gasteiger partial charge in [0.1, 0.15) is 13.2 Å². The van der Waals surface area contributed by atoms with E-state index in [1.165, 1.54) is 10.5 Å². The third kappa shape index (κ3) is 3.53. The second-order valence-corrected chi connectivity index (χ2v) is 5.77. The second-order valence-electron chi connectivity index (χ2n) is 5.77. The fourth-order valence-corrected chi connectivity index (χ4v) is 2.30. The van der Waals surface area contributed by atoms with Crippen LogP contribution < -0.4 is 5.32 Å². The van der Waals surface area contributed by atoms with E-state index >= 15 is 0 Å². The summed E-state index contributed by atoms with van der Waals surface area (Å²) in [5.41, 5.74) is 1.99. The number of rotatable bonds is 5. The first-order chi connectivity index (χ1) is 11.5. The SMILES string of the molecule is CC(C)c1ccc(-c2nnc(NC(=O)CN3CCOC3=O)o2)cc1. The molecule has 1 fully saturated rings. The van der Waals surface area contributed by atoms with Gasteiger partial charge in [0.15, 0.2) is 0 Å². The number of aromatic nitrogens is 2. The number of carbonyl (C=O) groups excluding carboxylic acids is 2. The molecule has 1 aliphatic rings. The maximum atomic E-state index is 11.9. The van der Waals surface area contributed by atoms with Gasteiger partial charge >= 0.3 is 12.1 Å². The topological polar surface area (TPSA) is 97.6 Å². The quantitative estimate of drug-likeness (QED) is 0.903. The van der Waals surface area contributed by atoms with Crippen molar-refractivity contribution in [3.8, 4) is 11.5 Å². The maximum Gasteiger partial charge on any atom is 0.410 e. The van der Waals surface area contributed by atoms with Crippen LogP contribution in [0.25, 0.3) is 11.5 Å². The minimum atomic E-state index is -0.499. The van der Waals surface area contributed by atoms with Crippen molar-refractivity contribution in [2.24, 2.45) is 0 Å². The molecule has 3 rings (SSSR count). The first kappa shape index (κ1) is 16.0. The van der Waals surface area contributed by atoms with E-state index in [-0.39, 0.29) is 12.6 Å². The fourth-order valence-electron chi connectivity index (χ4n) is 2.30. The number of hydrogen-bond donors (Lipinski definition) is 1. The summed E-state index contributed by atoms with van der Waals surface area (Å²) in [6, 6.07) is 7.79. The summed E-state index contributed by atoms with van der Waals surface area (Å²) in [6.07, 6.45) is -0.499. The second kappa shape index (κ2) is 6.69. The van der Waals surface area contributed by atoms with Crippen LogP contribution in [0.15, 0.2) is 28.7 Å². The van der Waals surface area contributed by atoms with Crippen LogP contribution in [0.5, 0.6) is 0 Å². The normalized spacial score (nSPS) is 14.1. The van der Waals surface area contributed by atoms with Gasteiger partial charge in [0, 0.05) is 5.56 Å². The van der Waals surface area contributed by atoms with Gasteiger partial charge in [0.25, 0.3) is 0 Å². The Morgan fingerprint density at radius 3 is 2.67 bits per heavy atom. The van der Waals surface area contributed by atoms with Crippen LogP contribution in [0.1, 0.15) is 25.3 Å². The third-order valence-corrected chi connectivity index (χ3v) is 3.68. The molecule has 1 aromatic heterocycles. The summed E-state index contributed by atoms with van der Waals surface area (Å²) in [4.78, 5) is 24.5. The Bertz CT molecular complexity index is 739. The van der Waals surface area contributed by atoms with E-state index in [1.807, 2.05) is 24.3 Å². The molecule has 0 aliphatic carbocycles. The standard InChI is InChI=1S/C16H18N4O4/c1-10(2)11-3-5-12(6-4-11)14-18-19-15(24-14)17-13(21)9-20-7-8-23-16(20)22/h3-6,10H,7-9H2,1-2H3,(H,17,19,21). The Balaban J connectivity index is 1.62. The number of ether oxygens (including phenoxy) is 1. The zero-order valence-corrected chi connectivity index (χ0v) is 13.5. The molecular weight excluding hydrogens is 312 g/mol. The lowest BCUT2D eigenvalue weighted by molar-refractivity contribution is -0.116. The number of cyclic esters (lactones) is 1. The molecule has 8 heteroatoms. The molecule has 2 amide bonds. The third-order valence-electron chi connectivity index (χ3n) is 3.68. The van der Waals surface area contributed by atoms with Gasteiger partial charge in [-0.1, -0.05) is 31.1 Å². The number of carbonyl (C=O) groups is 2. The molecular formula is C16H18N4O4. The monoisotopic (exact) mass is 330 g/mol. The Labute approximate surface area is 138 Å². The number of hydrogen-bond acceptors (Lipinski definition) is 6. The Morgan fingerprint density at radius 2 is 2.04 bits per heavy atom. The molecule has 1 aliphatic heterocycles. The largest absolute Gasteiger partial charge is 0.448 e. The number of benzene rings is 1. The molecule has 1 N–H and O–H groups in total. The van der Waals surface area contributed by atoms with Gasteiger partial charge in [-0.05, 0) is 23.6 Å². The molecule has 0 saturated carbocycles. The van der Waals surface area contributed by atoms with Crippen molar-refractivity contribution in [1.82, 2.24) is 15.1 Å². The highest BCUT2D eigenvalue weighted by atomic mass is 16.6. The van der Waals surface area contributed by atoms with E-state index in [9.17, 15) is 9.59 Å². The van der Waals surface area contributed by atoms with Crippen molar-refractivity contribution in [3.05, 3.63) is 29.8 Å². The summed E-state index contributed by atoms with van der Waals surface area (Å²) in [5.74, 6) is 0.342. The van der Waals surface area contributed by atoms with Crippen LogP contribution in [0.4, 0.5) is 10.8 Å². The lowest BCUT2D eigenvalue weighted by Crippen LogP contribution is -2.33. The lowest BCUT2D eigenvalue weighted by atomic mass is 10.0. The van der Waals surface area contributed by atoms with Crippen molar-refractivity contribution < 1.29 is 18.7 Å². The number of nitrogens with zero attached hydrogens (tertiary/aromatic N) is 3. The average molecular weight is 330 g/mol. The van der Waals surface area contributed by atoms with Gasteiger partial charge in [-0.2, -0.15) is 0 Å². The lowest BCUT2D eigenvalue weighted by Gasteiger charge is -2.10. The summed E-state index contributed by atoms with van der Waals surface area (Å²) in [7, 11) is 0. The Hall–Kier alpha value is -2.90. The van der Waals surface area contributed by atoms with Crippen LogP contribution in [0.3, 0.4) is 0 Å². The average Bonchev–Trinajstić information content (AvgIpc) is 3.17. The minimum absolute atomic E-state index is 0.00417. The van der Waals surface area contributed by atoms with Gasteiger partial charge in [-0.25, -0.2) is 4.79 Å². The summed E-state index contributed by atoms with van der Waals surface area (Å²) in [5, 5.41) is 10.2. The van der Waals surface area contributed by atoms with Crippen LogP contribution in [0.2, 0.25) is 0 Å². The van der Waals surface area contributed by atoms with Gasteiger partial charge in [0.05, 0.1) is 6.54 Å². The van der Waals surface area contributed by atoms with Gasteiger partial charge in [-0.15, -0.1) is 5.10 Å². The van der Waals surface area contributed by atoms with Gasteiger partial charge < -0.3 is 9.15 Å². The van der Waals surface area contributed by atoms with E-state index in [0.717, 1.165) is 5.56 Å². The fraction of sp³-hybridized carbons (Fsp3) is 0.375. The maximum absolute atomic E-state index is 11.9. The van der Waals surface area contributed by atoms with E-state index in [1.54, 1.807) is 0 Å². The highest BCUT2D eigenvalue weighted by Gasteiger charge is 2.24. The molecule has 0 unspecified atom stereocenters. The van der Waals surface area contributed by atoms with Gasteiger partial charge in [0.2, 0.25) is 11.8 Å². The molecule has 8 nitrogen and oxygen atoms in total. The molecule has 24 heavy (non-hydrogen) atoms. The highest BCUT2D eigenvalue weighted by Crippen LogP contribution is 2.22. The van der Waals surface area contributed by atoms with Crippen LogP contribution in [0, 0.1) is 0 Å². The zero-order valence-electron chi connectivity index (χ0n) is 13.5. The number of nitrogens with one attached hydrogen (secondary N) is 1. The Morgan fingerprint density at radius 1 is 1.29 bits per heavy atom. The predicted octanol–water partition coefficient (Wildman–Crippen LogP) is 2.25. The number of amides is 2. The molecule has 2 heterocycles. The van der Waals surface area contributed by atoms with E-state index in [4.69, 9.17) is 9.15 Å². The van der Waals surface area contributed by atoms with Crippen molar-refractivity contribution in [1.29, 1.82) is 0 Å². The molecule has 0 bridgehead atoms. The van der Waals surface area contributed by atoms with E-state index < -0.39 is 12.0 Å². The molecule has 2 aromatic rings. The summed E-state index contributed by atoms with van der Waals surface area (Å²) < 4.78 is 10.2. The molecule has 1 aromatic carbocycles. The molecule has 0 spiro atoms. The smallest absolute Gasteiger partial charge is 0.410 e. The first-order valence-corrected chi connectivity index (χ1v) is 7.68. The number of anilines is 1. The molecule has 0 atom stereocenters. The van der Waals surface area contributed by atoms with Crippen molar-refractivity contribution in [3.63, 3.8) is 0 Å². The van der Waals surface area contributed by atoms with Crippen LogP contribution in [-0.4, -0.2) is 46.8 Å². The van der Waals surface area contributed by atoms with E-state index in [2.05, 4.69) is 29.4 Å². The van der Waals surface area contributed by atoms with Crippen molar-refractivity contribution in [2.45, 2.75) is 19.8 Å². The van der Waals surface area contributed by atoms with Crippen LogP contribution in [-0.2, 0) is 9.53 Å². The summed E-state index contributed by atoms with van der Waals surface area (Å²) >= 11 is 0. The minimum Gasteiger partial charge on any atom is -0.448 e. The molecule has 0 radical (unpaired) electrons. The molecule has 1 saturated heterocycles. The predicted molar refractivity (Wildman–Crippen MR) is 85.4 cm³/mol. The molecule has 126 valence electrons. The zero-order chi connectivity index (χ0) is 17.1. The first-order valence-electron chi connectivity index (χ1n) is 7.68. The Kier molecular flexibility index (Phi) is 4.45. The van der Waals surface area contributed by atoms with Crippen molar-refractivity contribution >= 4 is 18.0 Å². The van der Waals surface area contributed by atoms with E-state index in [0.29, 0.717) is 25.0 Å².